The molecule has 2 heterocycles. The Labute approximate surface area is 144 Å². The Morgan fingerprint density at radius 2 is 1.75 bits per heavy atom. The molecule has 7 heteroatoms. The molecule has 132 valence electrons. The highest BCUT2D eigenvalue weighted by atomic mass is 32.2. The molecule has 6 nitrogen and oxygen atoms in total. The van der Waals surface area contributed by atoms with Gasteiger partial charge in [-0.15, -0.1) is 0 Å². The van der Waals surface area contributed by atoms with E-state index < -0.39 is 10.0 Å². The SMILES string of the molecule is CC(C)N1CCN(C(=O)c2ccc3c(c2)CCN3S(C)(=O)=O)CC1. The number of fused-ring (bicyclic) bond motifs is 1. The average Bonchev–Trinajstić information content (AvgIpc) is 2.97. The first-order valence-electron chi connectivity index (χ1n) is 8.41. The van der Waals surface area contributed by atoms with Crippen LogP contribution >= 0.6 is 0 Å². The number of hydrogen-bond donors (Lipinski definition) is 0. The van der Waals surface area contributed by atoms with Crippen LogP contribution in [-0.4, -0.2) is 69.1 Å². The monoisotopic (exact) mass is 351 g/mol. The van der Waals surface area contributed by atoms with Crippen molar-refractivity contribution in [1.82, 2.24) is 9.80 Å². The number of nitrogens with zero attached hydrogens (tertiary/aromatic N) is 3. The van der Waals surface area contributed by atoms with Crippen molar-refractivity contribution in [1.29, 1.82) is 0 Å². The Morgan fingerprint density at radius 3 is 2.33 bits per heavy atom. The zero-order chi connectivity index (χ0) is 17.5. The van der Waals surface area contributed by atoms with Gasteiger partial charge in [0.1, 0.15) is 0 Å². The molecule has 0 unspecified atom stereocenters. The average molecular weight is 351 g/mol. The molecule has 2 aliphatic rings. The van der Waals surface area contributed by atoms with Crippen molar-refractivity contribution < 1.29 is 13.2 Å². The second-order valence-electron chi connectivity index (χ2n) is 6.85. The molecule has 0 saturated carbocycles. The van der Waals surface area contributed by atoms with Crippen LogP contribution in [0, 0.1) is 0 Å². The van der Waals surface area contributed by atoms with E-state index in [0.717, 1.165) is 31.7 Å². The van der Waals surface area contributed by atoms with Crippen LogP contribution in [0.5, 0.6) is 0 Å². The van der Waals surface area contributed by atoms with Gasteiger partial charge in [-0.1, -0.05) is 0 Å². The van der Waals surface area contributed by atoms with Gasteiger partial charge in [0.2, 0.25) is 10.0 Å². The largest absolute Gasteiger partial charge is 0.336 e. The minimum Gasteiger partial charge on any atom is -0.336 e. The van der Waals surface area contributed by atoms with Crippen LogP contribution in [0.25, 0.3) is 0 Å². The van der Waals surface area contributed by atoms with Crippen molar-refractivity contribution in [2.75, 3.05) is 43.3 Å². The van der Waals surface area contributed by atoms with Crippen LogP contribution in [0.1, 0.15) is 29.8 Å². The van der Waals surface area contributed by atoms with Gasteiger partial charge in [0.05, 0.1) is 11.9 Å². The molecule has 0 spiro atoms. The Kier molecular flexibility index (Phi) is 4.57. The lowest BCUT2D eigenvalue weighted by molar-refractivity contribution is 0.0595. The fourth-order valence-corrected chi connectivity index (χ4v) is 4.43. The first-order valence-corrected chi connectivity index (χ1v) is 10.3. The molecule has 1 saturated heterocycles. The van der Waals surface area contributed by atoms with Crippen LogP contribution in [0.4, 0.5) is 5.69 Å². The van der Waals surface area contributed by atoms with E-state index >= 15 is 0 Å². The number of sulfonamides is 1. The molecule has 1 aromatic rings. The lowest BCUT2D eigenvalue weighted by Crippen LogP contribution is -2.50. The van der Waals surface area contributed by atoms with Gasteiger partial charge in [0, 0.05) is 44.3 Å². The summed E-state index contributed by atoms with van der Waals surface area (Å²) in [6.07, 6.45) is 1.88. The summed E-state index contributed by atoms with van der Waals surface area (Å²) < 4.78 is 25.0. The highest BCUT2D eigenvalue weighted by Gasteiger charge is 2.28. The van der Waals surface area contributed by atoms with Crippen LogP contribution in [0.2, 0.25) is 0 Å². The number of anilines is 1. The van der Waals surface area contributed by atoms with Gasteiger partial charge in [-0.05, 0) is 44.0 Å². The third-order valence-corrected chi connectivity index (χ3v) is 6.09. The fourth-order valence-electron chi connectivity index (χ4n) is 3.47. The van der Waals surface area contributed by atoms with E-state index in [9.17, 15) is 13.2 Å². The minimum absolute atomic E-state index is 0.0408. The predicted molar refractivity (Wildman–Crippen MR) is 94.9 cm³/mol. The van der Waals surface area contributed by atoms with E-state index in [1.165, 1.54) is 10.6 Å². The van der Waals surface area contributed by atoms with Gasteiger partial charge < -0.3 is 4.90 Å². The van der Waals surface area contributed by atoms with Crippen LogP contribution in [0.15, 0.2) is 18.2 Å². The normalized spacial score (nSPS) is 19.0. The number of carbonyl (C=O) groups is 1. The maximum Gasteiger partial charge on any atom is 0.253 e. The van der Waals surface area contributed by atoms with E-state index in [1.54, 1.807) is 12.1 Å². The number of hydrogen-bond acceptors (Lipinski definition) is 4. The molecule has 2 aliphatic heterocycles. The van der Waals surface area contributed by atoms with E-state index in [-0.39, 0.29) is 5.91 Å². The van der Waals surface area contributed by atoms with Crippen molar-refractivity contribution in [3.8, 4) is 0 Å². The van der Waals surface area contributed by atoms with Crippen molar-refractivity contribution in [2.24, 2.45) is 0 Å². The summed E-state index contributed by atoms with van der Waals surface area (Å²) in [6, 6.07) is 5.88. The molecule has 0 radical (unpaired) electrons. The second kappa shape index (κ2) is 6.37. The summed E-state index contributed by atoms with van der Waals surface area (Å²) in [5.41, 5.74) is 2.30. The van der Waals surface area contributed by atoms with Crippen molar-refractivity contribution in [3.05, 3.63) is 29.3 Å². The summed E-state index contributed by atoms with van der Waals surface area (Å²) in [5, 5.41) is 0. The molecule has 1 amide bonds. The van der Waals surface area contributed by atoms with Crippen LogP contribution in [0.3, 0.4) is 0 Å². The zero-order valence-electron chi connectivity index (χ0n) is 14.5. The van der Waals surface area contributed by atoms with Gasteiger partial charge in [-0.2, -0.15) is 0 Å². The van der Waals surface area contributed by atoms with Gasteiger partial charge >= 0.3 is 0 Å². The molecule has 1 fully saturated rings. The molecular weight excluding hydrogens is 326 g/mol. The first-order chi connectivity index (χ1) is 11.3. The number of benzene rings is 1. The second-order valence-corrected chi connectivity index (χ2v) is 8.76. The summed E-state index contributed by atoms with van der Waals surface area (Å²) in [5.74, 6) is 0.0408. The Hall–Kier alpha value is -1.60. The number of piperazine rings is 1. The quantitative estimate of drug-likeness (QED) is 0.820. The number of rotatable bonds is 3. The maximum atomic E-state index is 12.7. The Bertz CT molecular complexity index is 737. The molecule has 24 heavy (non-hydrogen) atoms. The van der Waals surface area contributed by atoms with Crippen LogP contribution in [-0.2, 0) is 16.4 Å². The minimum atomic E-state index is -3.25. The number of amides is 1. The molecule has 0 aliphatic carbocycles. The Balaban J connectivity index is 1.74. The third-order valence-electron chi connectivity index (χ3n) is 4.91. The summed E-state index contributed by atoms with van der Waals surface area (Å²) in [4.78, 5) is 17.0. The summed E-state index contributed by atoms with van der Waals surface area (Å²) in [6.45, 7) is 8.08. The zero-order valence-corrected chi connectivity index (χ0v) is 15.3. The van der Waals surface area contributed by atoms with Gasteiger partial charge in [-0.25, -0.2) is 8.42 Å². The molecule has 0 bridgehead atoms. The smallest absolute Gasteiger partial charge is 0.253 e. The van der Waals surface area contributed by atoms with Crippen molar-refractivity contribution in [3.63, 3.8) is 0 Å². The highest BCUT2D eigenvalue weighted by Crippen LogP contribution is 2.31. The summed E-state index contributed by atoms with van der Waals surface area (Å²) in [7, 11) is -3.25. The van der Waals surface area contributed by atoms with E-state index in [1.807, 2.05) is 11.0 Å². The molecular formula is C17H25N3O3S. The highest BCUT2D eigenvalue weighted by molar-refractivity contribution is 7.92. The standard InChI is InChI=1S/C17H25N3O3S/c1-13(2)18-8-10-19(11-9-18)17(21)15-4-5-16-14(12-15)6-7-20(16)24(3,22)23/h4-5,12-13H,6-11H2,1-3H3. The van der Waals surface area contributed by atoms with Crippen molar-refractivity contribution >= 4 is 21.6 Å². The lowest BCUT2D eigenvalue weighted by atomic mass is 10.1. The molecule has 0 N–H and O–H groups in total. The van der Waals surface area contributed by atoms with E-state index in [0.29, 0.717) is 30.3 Å². The molecule has 0 aromatic heterocycles. The number of carbonyl (C=O) groups excluding carboxylic acids is 1. The maximum absolute atomic E-state index is 12.7. The fraction of sp³-hybridized carbons (Fsp3) is 0.588. The molecule has 3 rings (SSSR count). The van der Waals surface area contributed by atoms with Gasteiger partial charge in [-0.3, -0.25) is 14.0 Å². The summed E-state index contributed by atoms with van der Waals surface area (Å²) >= 11 is 0. The van der Waals surface area contributed by atoms with Crippen molar-refractivity contribution in [2.45, 2.75) is 26.3 Å². The lowest BCUT2D eigenvalue weighted by Gasteiger charge is -2.37. The predicted octanol–water partition coefficient (Wildman–Crippen LogP) is 1.17. The first kappa shape index (κ1) is 17.2. The van der Waals surface area contributed by atoms with E-state index in [4.69, 9.17) is 0 Å². The molecule has 1 aromatic carbocycles. The Morgan fingerprint density at radius 1 is 1.08 bits per heavy atom. The third kappa shape index (κ3) is 3.28. The van der Waals surface area contributed by atoms with Gasteiger partial charge in [0.25, 0.3) is 5.91 Å². The topological polar surface area (TPSA) is 60.9 Å². The van der Waals surface area contributed by atoms with Crippen LogP contribution < -0.4 is 4.31 Å². The van der Waals surface area contributed by atoms with E-state index in [2.05, 4.69) is 18.7 Å². The van der Waals surface area contributed by atoms with Gasteiger partial charge in [0.15, 0.2) is 0 Å². The molecule has 0 atom stereocenters.